The number of hydrogen-bond acceptors (Lipinski definition) is 6. The first-order valence-electron chi connectivity index (χ1n) is 12.6. The van der Waals surface area contributed by atoms with Crippen molar-refractivity contribution in [2.45, 2.75) is 78.1 Å². The summed E-state index contributed by atoms with van der Waals surface area (Å²) in [5, 5.41) is 16.3. The average Bonchev–Trinajstić information content (AvgIpc) is 2.81. The minimum Gasteiger partial charge on any atom is -0.508 e. The highest BCUT2D eigenvalue weighted by Gasteiger charge is 2.39. The number of rotatable bonds is 10. The van der Waals surface area contributed by atoms with E-state index in [1.165, 1.54) is 17.0 Å². The number of aryl methyl sites for hydroxylation is 1. The highest BCUT2D eigenvalue weighted by atomic mass is 35.5. The molecular formula is C28H37ClN4O6. The molecule has 2 atom stereocenters. The molecule has 212 valence electrons. The molecule has 0 aliphatic carbocycles. The van der Waals surface area contributed by atoms with Gasteiger partial charge in [0.15, 0.2) is 0 Å². The molecule has 0 bridgehead atoms. The van der Waals surface area contributed by atoms with Crippen LogP contribution in [0.4, 0.5) is 10.5 Å². The lowest BCUT2D eigenvalue weighted by molar-refractivity contribution is -0.143. The van der Waals surface area contributed by atoms with Gasteiger partial charge in [0, 0.05) is 18.0 Å². The fourth-order valence-corrected chi connectivity index (χ4v) is 4.24. The molecule has 2 unspecified atom stereocenters. The molecule has 11 heteroatoms. The van der Waals surface area contributed by atoms with Gasteiger partial charge >= 0.3 is 6.09 Å². The van der Waals surface area contributed by atoms with E-state index in [4.69, 9.17) is 22.1 Å². The molecule has 0 spiro atoms. The highest BCUT2D eigenvalue weighted by molar-refractivity contribution is 6.34. The zero-order valence-electron chi connectivity index (χ0n) is 23.1. The van der Waals surface area contributed by atoms with Crippen LogP contribution in [0.2, 0.25) is 5.02 Å². The quantitative estimate of drug-likeness (QED) is 0.337. The molecule has 39 heavy (non-hydrogen) atoms. The van der Waals surface area contributed by atoms with Crippen molar-refractivity contribution >= 4 is 41.1 Å². The normalized spacial score (nSPS) is 12.8. The van der Waals surface area contributed by atoms with Crippen LogP contribution in [0.25, 0.3) is 0 Å². The predicted molar refractivity (Wildman–Crippen MR) is 149 cm³/mol. The zero-order chi connectivity index (χ0) is 29.5. The van der Waals surface area contributed by atoms with Crippen molar-refractivity contribution in [3.63, 3.8) is 0 Å². The van der Waals surface area contributed by atoms with E-state index in [9.17, 15) is 24.3 Å². The molecule has 2 aromatic rings. The number of phenolic OH excluding ortho intramolecular Hbond substituents is 1. The molecule has 0 saturated heterocycles. The van der Waals surface area contributed by atoms with Crippen molar-refractivity contribution in [1.29, 1.82) is 0 Å². The average molecular weight is 561 g/mol. The monoisotopic (exact) mass is 560 g/mol. The van der Waals surface area contributed by atoms with Crippen molar-refractivity contribution in [2.75, 3.05) is 5.32 Å². The van der Waals surface area contributed by atoms with E-state index in [0.717, 1.165) is 0 Å². The number of para-hydroxylation sites is 2. The third-order valence-corrected chi connectivity index (χ3v) is 6.02. The van der Waals surface area contributed by atoms with Crippen LogP contribution in [0, 0.1) is 6.92 Å². The van der Waals surface area contributed by atoms with Crippen LogP contribution in [-0.2, 0) is 19.1 Å². The van der Waals surface area contributed by atoms with E-state index in [-0.39, 0.29) is 24.2 Å². The van der Waals surface area contributed by atoms with Crippen LogP contribution in [0.5, 0.6) is 5.75 Å². The maximum absolute atomic E-state index is 14.0. The number of phenols is 1. The SMILES string of the molecule is Cc1cccc(Cl)c1NC(=O)C(c1ccccc1O)N(C(=O)C(CCC(N)=O)NC(=O)OC(C)(C)C)C(C)C. The van der Waals surface area contributed by atoms with Gasteiger partial charge < -0.3 is 31.1 Å². The van der Waals surface area contributed by atoms with Gasteiger partial charge in [-0.2, -0.15) is 0 Å². The Labute approximate surface area is 233 Å². The van der Waals surface area contributed by atoms with Gasteiger partial charge in [-0.3, -0.25) is 14.4 Å². The first-order valence-corrected chi connectivity index (χ1v) is 12.9. The molecule has 4 amide bonds. The number of nitrogens with zero attached hydrogens (tertiary/aromatic N) is 1. The maximum Gasteiger partial charge on any atom is 0.408 e. The fourth-order valence-electron chi connectivity index (χ4n) is 3.97. The van der Waals surface area contributed by atoms with E-state index in [1.807, 2.05) is 0 Å². The minimum atomic E-state index is -1.33. The first-order chi connectivity index (χ1) is 18.1. The van der Waals surface area contributed by atoms with Gasteiger partial charge in [0.25, 0.3) is 5.91 Å². The first kappa shape index (κ1) is 31.4. The standard InChI is InChI=1S/C28H37ClN4O6/c1-16(2)33(26(37)20(14-15-22(30)35)31-27(38)39-28(4,5)6)24(18-11-7-8-13-21(18)34)25(36)32-23-17(3)10-9-12-19(23)29/h7-13,16,20,24,34H,14-15H2,1-6H3,(H2,30,35)(H,31,38)(H,32,36). The summed E-state index contributed by atoms with van der Waals surface area (Å²) in [4.78, 5) is 53.3. The van der Waals surface area contributed by atoms with Crippen molar-refractivity contribution in [2.24, 2.45) is 5.73 Å². The third-order valence-electron chi connectivity index (χ3n) is 5.71. The molecule has 0 saturated carbocycles. The van der Waals surface area contributed by atoms with Crippen LogP contribution >= 0.6 is 11.6 Å². The van der Waals surface area contributed by atoms with Crippen molar-refractivity contribution < 1.29 is 29.0 Å². The van der Waals surface area contributed by atoms with E-state index >= 15 is 0 Å². The number of amides is 4. The Kier molecular flexibility index (Phi) is 10.7. The summed E-state index contributed by atoms with van der Waals surface area (Å²) in [7, 11) is 0. The van der Waals surface area contributed by atoms with E-state index in [0.29, 0.717) is 16.3 Å². The van der Waals surface area contributed by atoms with Crippen LogP contribution in [0.3, 0.4) is 0 Å². The lowest BCUT2D eigenvalue weighted by Crippen LogP contribution is -2.54. The van der Waals surface area contributed by atoms with Gasteiger partial charge in [0.2, 0.25) is 11.8 Å². The van der Waals surface area contributed by atoms with Crippen LogP contribution < -0.4 is 16.4 Å². The Morgan fingerprint density at radius 1 is 1.08 bits per heavy atom. The number of nitrogens with two attached hydrogens (primary N) is 1. The summed E-state index contributed by atoms with van der Waals surface area (Å²) < 4.78 is 5.31. The van der Waals surface area contributed by atoms with Crippen LogP contribution in [0.15, 0.2) is 42.5 Å². The highest BCUT2D eigenvalue weighted by Crippen LogP contribution is 2.34. The van der Waals surface area contributed by atoms with Crippen LogP contribution in [-0.4, -0.2) is 51.5 Å². The second-order valence-electron chi connectivity index (χ2n) is 10.4. The van der Waals surface area contributed by atoms with Gasteiger partial charge in [-0.05, 0) is 65.7 Å². The topological polar surface area (TPSA) is 151 Å². The van der Waals surface area contributed by atoms with Gasteiger partial charge in [-0.1, -0.05) is 41.9 Å². The van der Waals surface area contributed by atoms with E-state index in [2.05, 4.69) is 10.6 Å². The Morgan fingerprint density at radius 3 is 2.26 bits per heavy atom. The molecule has 10 nitrogen and oxygen atoms in total. The predicted octanol–water partition coefficient (Wildman–Crippen LogP) is 4.43. The number of aromatic hydroxyl groups is 1. The molecule has 0 aromatic heterocycles. The summed E-state index contributed by atoms with van der Waals surface area (Å²) >= 11 is 6.34. The lowest BCUT2D eigenvalue weighted by Gasteiger charge is -2.37. The Hall–Kier alpha value is -3.79. The molecule has 0 aliphatic rings. The van der Waals surface area contributed by atoms with Gasteiger partial charge in [0.05, 0.1) is 10.7 Å². The van der Waals surface area contributed by atoms with E-state index < -0.39 is 47.5 Å². The summed E-state index contributed by atoms with van der Waals surface area (Å²) in [5.41, 5.74) is 5.70. The Morgan fingerprint density at radius 2 is 1.72 bits per heavy atom. The number of anilines is 1. The third kappa shape index (κ3) is 8.88. The second-order valence-corrected chi connectivity index (χ2v) is 10.8. The second kappa shape index (κ2) is 13.3. The fraction of sp³-hybridized carbons (Fsp3) is 0.429. The lowest BCUT2D eigenvalue weighted by atomic mass is 9.99. The van der Waals surface area contributed by atoms with Crippen molar-refractivity contribution in [3.05, 3.63) is 58.6 Å². The molecule has 0 aliphatic heterocycles. The number of hydrogen-bond donors (Lipinski definition) is 4. The maximum atomic E-state index is 14.0. The molecule has 2 aromatic carbocycles. The van der Waals surface area contributed by atoms with Gasteiger partial charge in [0.1, 0.15) is 23.4 Å². The largest absolute Gasteiger partial charge is 0.508 e. The molecule has 0 radical (unpaired) electrons. The smallest absolute Gasteiger partial charge is 0.408 e. The number of carbonyl (C=O) groups excluding carboxylic acids is 4. The van der Waals surface area contributed by atoms with Crippen LogP contribution in [0.1, 0.15) is 64.6 Å². The zero-order valence-corrected chi connectivity index (χ0v) is 23.8. The van der Waals surface area contributed by atoms with Gasteiger partial charge in [-0.25, -0.2) is 4.79 Å². The number of benzene rings is 2. The summed E-state index contributed by atoms with van der Waals surface area (Å²) in [5.74, 6) is -2.18. The Bertz CT molecular complexity index is 1190. The number of alkyl carbamates (subject to hydrolysis) is 1. The molecular weight excluding hydrogens is 524 g/mol. The number of carbonyl (C=O) groups is 4. The molecule has 0 fully saturated rings. The van der Waals surface area contributed by atoms with Crippen molar-refractivity contribution in [1.82, 2.24) is 10.2 Å². The molecule has 2 rings (SSSR count). The number of primary amides is 1. The molecule has 5 N–H and O–H groups in total. The Balaban J connectivity index is 2.58. The summed E-state index contributed by atoms with van der Waals surface area (Å²) in [6.45, 7) is 10.2. The number of ether oxygens (including phenoxy) is 1. The van der Waals surface area contributed by atoms with Gasteiger partial charge in [-0.15, -0.1) is 0 Å². The number of halogens is 1. The minimum absolute atomic E-state index is 0.130. The van der Waals surface area contributed by atoms with Crippen molar-refractivity contribution in [3.8, 4) is 5.75 Å². The molecule has 0 heterocycles. The summed E-state index contributed by atoms with van der Waals surface area (Å²) in [6.07, 6.45) is -1.20. The summed E-state index contributed by atoms with van der Waals surface area (Å²) in [6, 6.07) is 8.12. The van der Waals surface area contributed by atoms with E-state index in [1.54, 1.807) is 71.9 Å². The number of nitrogens with one attached hydrogen (secondary N) is 2.